The van der Waals surface area contributed by atoms with Gasteiger partial charge in [-0.2, -0.15) is 0 Å². The van der Waals surface area contributed by atoms with Gasteiger partial charge < -0.3 is 9.15 Å². The summed E-state index contributed by atoms with van der Waals surface area (Å²) in [6.07, 6.45) is 3.67. The zero-order chi connectivity index (χ0) is 22.9. The van der Waals surface area contributed by atoms with Crippen LogP contribution in [-0.4, -0.2) is 39.3 Å². The summed E-state index contributed by atoms with van der Waals surface area (Å²) in [4.78, 5) is 24.1. The number of nitrogens with zero attached hydrogens (tertiary/aromatic N) is 1. The highest BCUT2D eigenvalue weighted by Gasteiger charge is 2.30. The van der Waals surface area contributed by atoms with Crippen LogP contribution in [0.1, 0.15) is 36.9 Å². The first-order valence-electron chi connectivity index (χ1n) is 10.3. The minimum absolute atomic E-state index is 0.121. The van der Waals surface area contributed by atoms with Gasteiger partial charge >= 0.3 is 6.03 Å². The van der Waals surface area contributed by atoms with Crippen LogP contribution in [0.3, 0.4) is 0 Å². The van der Waals surface area contributed by atoms with Crippen molar-refractivity contribution >= 4 is 27.8 Å². The number of urea groups is 1. The second-order valence-electron chi connectivity index (χ2n) is 8.09. The molecule has 172 valence electrons. The number of amides is 3. The van der Waals surface area contributed by atoms with E-state index in [2.05, 4.69) is 10.0 Å². The lowest BCUT2D eigenvalue weighted by Crippen LogP contribution is -2.30. The summed E-state index contributed by atoms with van der Waals surface area (Å²) in [5.74, 6) is -0.363. The minimum Gasteiger partial charge on any atom is -0.490 e. The second kappa shape index (κ2) is 8.91. The molecule has 3 amide bonds. The van der Waals surface area contributed by atoms with E-state index in [4.69, 9.17) is 9.15 Å². The van der Waals surface area contributed by atoms with Crippen molar-refractivity contribution in [3.05, 3.63) is 47.5 Å². The number of hydrogen-bond donors (Lipinski definition) is 2. The van der Waals surface area contributed by atoms with E-state index in [0.717, 1.165) is 17.7 Å². The Balaban J connectivity index is 1.33. The highest BCUT2D eigenvalue weighted by atomic mass is 32.2. The lowest BCUT2D eigenvalue weighted by atomic mass is 10.1. The van der Waals surface area contributed by atoms with E-state index in [-0.39, 0.29) is 30.4 Å². The molecule has 0 radical (unpaired) electrons. The van der Waals surface area contributed by atoms with Gasteiger partial charge in [-0.15, -0.1) is 0 Å². The lowest BCUT2D eigenvalue weighted by molar-refractivity contribution is -0.117. The average Bonchev–Trinajstić information content (AvgIpc) is 3.33. The number of carbonyl (C=O) groups is 2. The fourth-order valence-electron chi connectivity index (χ4n) is 3.30. The Bertz CT molecular complexity index is 1130. The van der Waals surface area contributed by atoms with E-state index in [1.54, 1.807) is 6.92 Å². The first-order valence-corrected chi connectivity index (χ1v) is 12.0. The Morgan fingerprint density at radius 2 is 2.09 bits per heavy atom. The number of sulfonamides is 1. The Labute approximate surface area is 185 Å². The van der Waals surface area contributed by atoms with Crippen molar-refractivity contribution in [3.8, 4) is 5.75 Å². The van der Waals surface area contributed by atoms with Crippen LogP contribution in [0.5, 0.6) is 5.75 Å². The molecule has 2 heterocycles. The van der Waals surface area contributed by atoms with E-state index < -0.39 is 33.8 Å². The molecule has 11 heteroatoms. The first kappa shape index (κ1) is 22.3. The predicted octanol–water partition coefficient (Wildman–Crippen LogP) is 2.49. The second-order valence-corrected chi connectivity index (χ2v) is 9.96. The Morgan fingerprint density at radius 3 is 2.78 bits per heavy atom. The highest BCUT2D eigenvalue weighted by Crippen LogP contribution is 2.31. The molecular weight excluding hydrogens is 441 g/mol. The molecule has 2 fully saturated rings. The molecule has 32 heavy (non-hydrogen) atoms. The molecule has 0 unspecified atom stereocenters. The van der Waals surface area contributed by atoms with Crippen LogP contribution in [0.4, 0.5) is 15.1 Å². The van der Waals surface area contributed by atoms with E-state index in [9.17, 15) is 22.4 Å². The average molecular weight is 466 g/mol. The maximum Gasteiger partial charge on any atom is 0.331 e. The SMILES string of the molecule is C[C@@H](NS(=O)(=O)CCc1coc(N2CC(=O)NC2=O)c1)c1ccc(F)c(OCC2CC2)c1. The molecule has 1 aromatic carbocycles. The zero-order valence-corrected chi connectivity index (χ0v) is 18.3. The fraction of sp³-hybridized carbons (Fsp3) is 0.429. The molecule has 9 nitrogen and oxygen atoms in total. The monoisotopic (exact) mass is 465 g/mol. The third-order valence-electron chi connectivity index (χ3n) is 5.34. The quantitative estimate of drug-likeness (QED) is 0.521. The third-order valence-corrected chi connectivity index (χ3v) is 6.80. The van der Waals surface area contributed by atoms with Crippen molar-refractivity contribution in [2.75, 3.05) is 23.8 Å². The Hall–Kier alpha value is -2.92. The van der Waals surface area contributed by atoms with Crippen LogP contribution >= 0.6 is 0 Å². The van der Waals surface area contributed by atoms with Gasteiger partial charge in [0.05, 0.1) is 18.6 Å². The molecule has 1 aliphatic heterocycles. The van der Waals surface area contributed by atoms with Gasteiger partial charge in [0.25, 0.3) is 0 Å². The fourth-order valence-corrected chi connectivity index (χ4v) is 4.59. The molecule has 4 rings (SSSR count). The number of furan rings is 1. The molecule has 1 atom stereocenters. The number of nitrogens with one attached hydrogen (secondary N) is 2. The number of benzene rings is 1. The van der Waals surface area contributed by atoms with Crippen LogP contribution in [0, 0.1) is 11.7 Å². The topological polar surface area (TPSA) is 118 Å². The summed E-state index contributed by atoms with van der Waals surface area (Å²) in [6.45, 7) is 1.99. The van der Waals surface area contributed by atoms with Crippen molar-refractivity contribution < 1.29 is 31.6 Å². The number of carbonyl (C=O) groups excluding carboxylic acids is 2. The maximum absolute atomic E-state index is 14.0. The van der Waals surface area contributed by atoms with E-state index in [0.29, 0.717) is 23.7 Å². The molecule has 2 N–H and O–H groups in total. The standard InChI is InChI=1S/C21H24FN3O6S/c1-13(16-4-5-17(22)18(9-16)30-11-14-2-3-14)24-32(28,29)7-6-15-8-20(31-12-15)25-10-19(26)23-21(25)27/h4-5,8-9,12-14,24H,2-3,6-7,10-11H2,1H3,(H,23,26,27)/t13-/m1/s1. The van der Waals surface area contributed by atoms with Crippen molar-refractivity contribution in [2.24, 2.45) is 5.92 Å². The number of rotatable bonds is 10. The summed E-state index contributed by atoms with van der Waals surface area (Å²) < 4.78 is 52.5. The number of aryl methyl sites for hydroxylation is 1. The van der Waals surface area contributed by atoms with Crippen molar-refractivity contribution in [3.63, 3.8) is 0 Å². The van der Waals surface area contributed by atoms with Gasteiger partial charge in [0.1, 0.15) is 6.54 Å². The first-order chi connectivity index (χ1) is 15.2. The summed E-state index contributed by atoms with van der Waals surface area (Å²) in [6, 6.07) is 4.68. The van der Waals surface area contributed by atoms with Gasteiger partial charge in [0.15, 0.2) is 11.6 Å². The van der Waals surface area contributed by atoms with E-state index in [1.807, 2.05) is 0 Å². The Kier molecular flexibility index (Phi) is 6.20. The molecule has 0 bridgehead atoms. The summed E-state index contributed by atoms with van der Waals surface area (Å²) in [5.41, 5.74) is 1.17. The highest BCUT2D eigenvalue weighted by molar-refractivity contribution is 7.89. The summed E-state index contributed by atoms with van der Waals surface area (Å²) >= 11 is 0. The molecule has 1 aliphatic carbocycles. The minimum atomic E-state index is -3.67. The largest absolute Gasteiger partial charge is 0.490 e. The number of imide groups is 1. The van der Waals surface area contributed by atoms with Gasteiger partial charge in [-0.05, 0) is 55.4 Å². The number of halogens is 1. The zero-order valence-electron chi connectivity index (χ0n) is 17.5. The van der Waals surface area contributed by atoms with E-state index >= 15 is 0 Å². The van der Waals surface area contributed by atoms with Gasteiger partial charge in [0, 0.05) is 12.1 Å². The smallest absolute Gasteiger partial charge is 0.331 e. The van der Waals surface area contributed by atoms with Gasteiger partial charge in [0.2, 0.25) is 21.8 Å². The maximum atomic E-state index is 14.0. The molecular formula is C21H24FN3O6S. The number of anilines is 1. The van der Waals surface area contributed by atoms with Crippen LogP contribution in [0.2, 0.25) is 0 Å². The number of hydrogen-bond acceptors (Lipinski definition) is 6. The summed E-state index contributed by atoms with van der Waals surface area (Å²) in [7, 11) is -3.67. The number of ether oxygens (including phenoxy) is 1. The normalized spacial score (nSPS) is 17.5. The molecule has 2 aliphatic rings. The molecule has 0 spiro atoms. The lowest BCUT2D eigenvalue weighted by Gasteiger charge is -2.16. The Morgan fingerprint density at radius 1 is 1.31 bits per heavy atom. The molecule has 2 aromatic rings. The van der Waals surface area contributed by atoms with Gasteiger partial charge in [-0.25, -0.2) is 22.3 Å². The molecule has 1 saturated carbocycles. The van der Waals surface area contributed by atoms with Crippen LogP contribution in [-0.2, 0) is 21.2 Å². The predicted molar refractivity (Wildman–Crippen MR) is 113 cm³/mol. The molecule has 1 saturated heterocycles. The van der Waals surface area contributed by atoms with Crippen molar-refractivity contribution in [1.29, 1.82) is 0 Å². The summed E-state index contributed by atoms with van der Waals surface area (Å²) in [5, 5.41) is 2.14. The van der Waals surface area contributed by atoms with Gasteiger partial charge in [-0.3, -0.25) is 15.0 Å². The van der Waals surface area contributed by atoms with Crippen LogP contribution in [0.25, 0.3) is 0 Å². The van der Waals surface area contributed by atoms with Crippen molar-refractivity contribution in [1.82, 2.24) is 10.0 Å². The van der Waals surface area contributed by atoms with E-state index in [1.165, 1.54) is 30.5 Å². The van der Waals surface area contributed by atoms with Crippen LogP contribution < -0.4 is 19.7 Å². The molecule has 1 aromatic heterocycles. The third kappa shape index (κ3) is 5.46. The van der Waals surface area contributed by atoms with Crippen molar-refractivity contribution in [2.45, 2.75) is 32.2 Å². The van der Waals surface area contributed by atoms with Gasteiger partial charge in [-0.1, -0.05) is 6.07 Å². The van der Waals surface area contributed by atoms with Crippen LogP contribution in [0.15, 0.2) is 34.9 Å².